The van der Waals surface area contributed by atoms with Crippen molar-refractivity contribution in [3.8, 4) is 0 Å². The smallest absolute Gasteiger partial charge is 0.0751 e. The van der Waals surface area contributed by atoms with Gasteiger partial charge in [0.05, 0.1) is 21.6 Å². The second-order valence-electron chi connectivity index (χ2n) is 3.97. The molecule has 0 bridgehead atoms. The van der Waals surface area contributed by atoms with E-state index in [1.807, 2.05) is 19.9 Å². The molecule has 0 aliphatic carbocycles. The van der Waals surface area contributed by atoms with Crippen LogP contribution in [0.3, 0.4) is 0 Å². The van der Waals surface area contributed by atoms with Crippen molar-refractivity contribution in [3.63, 3.8) is 0 Å². The summed E-state index contributed by atoms with van der Waals surface area (Å²) < 4.78 is 19.8. The molecule has 0 aliphatic rings. The number of hydrogen-bond acceptors (Lipinski definition) is 3. The summed E-state index contributed by atoms with van der Waals surface area (Å²) in [7, 11) is -2.85. The van der Waals surface area contributed by atoms with Gasteiger partial charge in [0.1, 0.15) is 0 Å². The molecule has 84 valence electrons. The van der Waals surface area contributed by atoms with E-state index < -0.39 is 15.8 Å². The number of benzene rings is 1. The van der Waals surface area contributed by atoms with Crippen LogP contribution >= 0.6 is 0 Å². The normalized spacial score (nSPS) is 17.3. The molecule has 2 N–H and O–H groups in total. The molecule has 1 aromatic carbocycles. The van der Waals surface area contributed by atoms with Crippen LogP contribution in [0, 0.1) is 10.7 Å². The molecule has 2 atom stereocenters. The molecular weight excluding hydrogens is 210 g/mol. The second kappa shape index (κ2) is 4.77. The lowest BCUT2D eigenvalue weighted by molar-refractivity contribution is 0.147. The summed E-state index contributed by atoms with van der Waals surface area (Å²) in [6.07, 6.45) is -0.685. The fourth-order valence-corrected chi connectivity index (χ4v) is 2.82. The van der Waals surface area contributed by atoms with Crippen molar-refractivity contribution in [2.45, 2.75) is 24.8 Å². The molecule has 0 fully saturated rings. The predicted molar refractivity (Wildman–Crippen MR) is 61.3 cm³/mol. The Hall–Kier alpha value is -0.870. The summed E-state index contributed by atoms with van der Waals surface area (Å²) >= 11 is 0. The molecule has 0 radical (unpaired) electrons. The van der Waals surface area contributed by atoms with E-state index >= 15 is 0 Å². The lowest BCUT2D eigenvalue weighted by Crippen LogP contribution is -2.25. The third-order valence-electron chi connectivity index (χ3n) is 2.30. The third kappa shape index (κ3) is 3.32. The summed E-state index contributed by atoms with van der Waals surface area (Å²) in [4.78, 5) is 0.490. The molecule has 0 aliphatic heterocycles. The highest BCUT2D eigenvalue weighted by Crippen LogP contribution is 2.14. The molecule has 0 saturated carbocycles. The van der Waals surface area contributed by atoms with Crippen LogP contribution in [0.25, 0.3) is 0 Å². The number of rotatable bonds is 4. The van der Waals surface area contributed by atoms with Gasteiger partial charge in [-0.2, -0.15) is 0 Å². The Morgan fingerprint density at radius 2 is 1.87 bits per heavy atom. The summed E-state index contributed by atoms with van der Waals surface area (Å²) in [5.74, 6) is 0.0363. The molecule has 15 heavy (non-hydrogen) atoms. The minimum atomic E-state index is -2.85. The molecule has 1 rings (SSSR count). The average Bonchev–Trinajstić information content (AvgIpc) is 2.18. The van der Waals surface area contributed by atoms with Crippen LogP contribution in [0.15, 0.2) is 35.2 Å². The molecule has 3 nitrogen and oxygen atoms in total. The van der Waals surface area contributed by atoms with Crippen molar-refractivity contribution >= 4 is 9.73 Å². The van der Waals surface area contributed by atoms with E-state index in [1.54, 1.807) is 24.3 Å². The first kappa shape index (κ1) is 12.2. The summed E-state index contributed by atoms with van der Waals surface area (Å²) in [6, 6.07) is 8.67. The fraction of sp³-hybridized carbons (Fsp3) is 0.455. The van der Waals surface area contributed by atoms with Gasteiger partial charge in [-0.1, -0.05) is 32.0 Å². The maximum Gasteiger partial charge on any atom is 0.0751 e. The van der Waals surface area contributed by atoms with Gasteiger partial charge >= 0.3 is 0 Å². The maximum absolute atomic E-state index is 12.0. The fourth-order valence-electron chi connectivity index (χ4n) is 1.17. The highest BCUT2D eigenvalue weighted by atomic mass is 32.2. The van der Waals surface area contributed by atoms with Crippen LogP contribution in [0.5, 0.6) is 0 Å². The Kier molecular flexibility index (Phi) is 3.88. The van der Waals surface area contributed by atoms with Crippen LogP contribution in [0.4, 0.5) is 0 Å². The number of aliphatic hydroxyl groups is 1. The molecule has 0 amide bonds. The van der Waals surface area contributed by atoms with Crippen molar-refractivity contribution in [3.05, 3.63) is 30.3 Å². The first-order chi connectivity index (χ1) is 6.93. The van der Waals surface area contributed by atoms with Crippen LogP contribution in [0.2, 0.25) is 0 Å². The van der Waals surface area contributed by atoms with E-state index in [-0.39, 0.29) is 11.7 Å². The van der Waals surface area contributed by atoms with Crippen LogP contribution in [-0.4, -0.2) is 21.2 Å². The Labute approximate surface area is 91.1 Å². The first-order valence-electron chi connectivity index (χ1n) is 4.93. The van der Waals surface area contributed by atoms with Gasteiger partial charge in [-0.05, 0) is 18.1 Å². The van der Waals surface area contributed by atoms with E-state index in [0.717, 1.165) is 0 Å². The Balaban J connectivity index is 2.86. The number of aliphatic hydroxyl groups excluding tert-OH is 1. The van der Waals surface area contributed by atoms with E-state index in [4.69, 9.17) is 4.78 Å². The largest absolute Gasteiger partial charge is 0.392 e. The predicted octanol–water partition coefficient (Wildman–Crippen LogP) is 2.11. The monoisotopic (exact) mass is 227 g/mol. The summed E-state index contributed by atoms with van der Waals surface area (Å²) in [6.45, 7) is 3.70. The third-order valence-corrected chi connectivity index (χ3v) is 4.14. The lowest BCUT2D eigenvalue weighted by atomic mass is 10.1. The van der Waals surface area contributed by atoms with E-state index in [1.165, 1.54) is 0 Å². The Morgan fingerprint density at radius 3 is 2.33 bits per heavy atom. The Morgan fingerprint density at radius 1 is 1.33 bits per heavy atom. The van der Waals surface area contributed by atoms with Crippen molar-refractivity contribution in [1.29, 1.82) is 4.78 Å². The Bertz CT molecular complexity index is 398. The zero-order valence-corrected chi connectivity index (χ0v) is 9.83. The van der Waals surface area contributed by atoms with Crippen LogP contribution < -0.4 is 0 Å². The highest BCUT2D eigenvalue weighted by molar-refractivity contribution is 7.92. The maximum atomic E-state index is 12.0. The number of hydrogen-bond donors (Lipinski definition) is 2. The standard InChI is InChI=1S/C11H17NO2S/c1-9(2)11(13)8-15(12,14)10-6-4-3-5-7-10/h3-7,9,11-13H,8H2,1-2H3/t11-,15+/m0/s1. The minimum absolute atomic E-state index is 0.00861. The molecule has 0 aromatic heterocycles. The van der Waals surface area contributed by atoms with Crippen molar-refractivity contribution < 1.29 is 9.32 Å². The van der Waals surface area contributed by atoms with Gasteiger partial charge in [0.25, 0.3) is 0 Å². The molecule has 0 saturated heterocycles. The summed E-state index contributed by atoms with van der Waals surface area (Å²) in [5, 5.41) is 9.62. The first-order valence-corrected chi connectivity index (χ1v) is 6.66. The zero-order valence-electron chi connectivity index (χ0n) is 9.01. The molecule has 0 spiro atoms. The van der Waals surface area contributed by atoms with Crippen LogP contribution in [-0.2, 0) is 9.73 Å². The van der Waals surface area contributed by atoms with Gasteiger partial charge in [-0.3, -0.25) is 0 Å². The molecular formula is C11H17NO2S. The minimum Gasteiger partial charge on any atom is -0.392 e. The zero-order chi connectivity index (χ0) is 11.5. The van der Waals surface area contributed by atoms with Gasteiger partial charge < -0.3 is 5.11 Å². The van der Waals surface area contributed by atoms with Gasteiger partial charge in [0.15, 0.2) is 0 Å². The highest BCUT2D eigenvalue weighted by Gasteiger charge is 2.18. The van der Waals surface area contributed by atoms with Crippen molar-refractivity contribution in [2.24, 2.45) is 5.92 Å². The van der Waals surface area contributed by atoms with E-state index in [9.17, 15) is 9.32 Å². The van der Waals surface area contributed by atoms with Gasteiger partial charge in [-0.25, -0.2) is 8.99 Å². The number of nitrogens with one attached hydrogen (secondary N) is 1. The average molecular weight is 227 g/mol. The second-order valence-corrected chi connectivity index (χ2v) is 6.12. The van der Waals surface area contributed by atoms with Crippen molar-refractivity contribution in [2.75, 3.05) is 5.75 Å². The van der Waals surface area contributed by atoms with E-state index in [2.05, 4.69) is 0 Å². The van der Waals surface area contributed by atoms with Gasteiger partial charge in [-0.15, -0.1) is 0 Å². The van der Waals surface area contributed by atoms with E-state index in [0.29, 0.717) is 4.90 Å². The lowest BCUT2D eigenvalue weighted by Gasteiger charge is -2.16. The quantitative estimate of drug-likeness (QED) is 0.827. The summed E-state index contributed by atoms with van der Waals surface area (Å²) in [5.41, 5.74) is 0. The van der Waals surface area contributed by atoms with Gasteiger partial charge in [0, 0.05) is 4.90 Å². The van der Waals surface area contributed by atoms with Gasteiger partial charge in [0.2, 0.25) is 0 Å². The molecule has 1 aromatic rings. The van der Waals surface area contributed by atoms with Crippen LogP contribution in [0.1, 0.15) is 13.8 Å². The topological polar surface area (TPSA) is 61.1 Å². The SMILES string of the molecule is CC(C)[C@@H](O)C[S@@](=N)(=O)c1ccccc1. The molecule has 0 heterocycles. The molecule has 0 unspecified atom stereocenters. The molecule has 4 heteroatoms. The van der Waals surface area contributed by atoms with Crippen molar-refractivity contribution in [1.82, 2.24) is 0 Å².